The van der Waals surface area contributed by atoms with Crippen LogP contribution in [0.25, 0.3) is 17.0 Å². The number of benzene rings is 1. The first-order chi connectivity index (χ1) is 21.0. The van der Waals surface area contributed by atoms with E-state index in [0.29, 0.717) is 56.3 Å². The summed E-state index contributed by atoms with van der Waals surface area (Å²) in [6.07, 6.45) is 5.53. The van der Waals surface area contributed by atoms with Crippen LogP contribution in [-0.4, -0.2) is 69.6 Å². The number of nitrogens with zero attached hydrogens (tertiary/aromatic N) is 2. The van der Waals surface area contributed by atoms with Crippen LogP contribution in [0.1, 0.15) is 83.6 Å². The van der Waals surface area contributed by atoms with Crippen LogP contribution in [0, 0.1) is 11.3 Å². The second-order valence-corrected chi connectivity index (χ2v) is 12.7. The van der Waals surface area contributed by atoms with Gasteiger partial charge in [-0.15, -0.1) is 0 Å². The number of aromatic nitrogens is 1. The van der Waals surface area contributed by atoms with Gasteiger partial charge >= 0.3 is 5.97 Å². The monoisotopic (exact) mass is 605 g/mol. The van der Waals surface area contributed by atoms with Crippen molar-refractivity contribution in [3.63, 3.8) is 0 Å². The number of cyclic esters (lactones) is 1. The molecule has 3 amide bonds. The smallest absolute Gasteiger partial charge is 0.325 e. The Balaban J connectivity index is 1.53. The molecule has 236 valence electrons. The van der Waals surface area contributed by atoms with Gasteiger partial charge in [-0.2, -0.15) is 0 Å². The number of esters is 1. The van der Waals surface area contributed by atoms with E-state index in [0.717, 1.165) is 10.9 Å². The molecule has 1 saturated carbocycles. The highest BCUT2D eigenvalue weighted by Gasteiger charge is 2.42. The summed E-state index contributed by atoms with van der Waals surface area (Å²) < 4.78 is 5.78. The molecule has 2 aromatic rings. The minimum atomic E-state index is -0.924. The summed E-state index contributed by atoms with van der Waals surface area (Å²) in [5, 5.41) is 18.3. The molecular weight excluding hydrogens is 562 g/mol. The van der Waals surface area contributed by atoms with E-state index >= 15 is 0 Å². The van der Waals surface area contributed by atoms with Gasteiger partial charge in [0.15, 0.2) is 0 Å². The number of aliphatic hydroxyl groups is 1. The quantitative estimate of drug-likeness (QED) is 0.363. The van der Waals surface area contributed by atoms with Crippen LogP contribution in [0.4, 0.5) is 0 Å². The summed E-state index contributed by atoms with van der Waals surface area (Å²) in [5.74, 6) is -1.89. The number of pyridine rings is 1. The summed E-state index contributed by atoms with van der Waals surface area (Å²) in [6, 6.07) is 7.07. The number of aliphatic hydroxyl groups excluding tert-OH is 1. The average Bonchev–Trinajstić information content (AvgIpc) is 3.01. The average molecular weight is 606 g/mol. The third-order valence-electron chi connectivity index (χ3n) is 9.04. The Morgan fingerprint density at radius 3 is 2.48 bits per heavy atom. The molecule has 3 aliphatic rings. The van der Waals surface area contributed by atoms with E-state index in [4.69, 9.17) is 9.72 Å². The molecule has 1 aromatic heterocycles. The number of ether oxygens (including phenoxy) is 1. The molecule has 1 spiro atoms. The van der Waals surface area contributed by atoms with Crippen LogP contribution in [0.5, 0.6) is 0 Å². The third-order valence-corrected chi connectivity index (χ3v) is 9.04. The third kappa shape index (κ3) is 6.78. The Hall–Kier alpha value is -3.83. The molecule has 1 saturated heterocycles. The number of carbonyl (C=O) groups is 4. The van der Waals surface area contributed by atoms with Gasteiger partial charge in [-0.25, -0.2) is 10.4 Å². The molecule has 5 bridgehead atoms. The van der Waals surface area contributed by atoms with Crippen molar-refractivity contribution in [2.45, 2.75) is 96.6 Å². The molecule has 2 aliphatic heterocycles. The number of fused-ring (bicyclic) bond motifs is 4. The Morgan fingerprint density at radius 1 is 1.02 bits per heavy atom. The van der Waals surface area contributed by atoms with Crippen molar-refractivity contribution in [3.05, 3.63) is 47.7 Å². The largest absolute Gasteiger partial charge is 0.455 e. The number of amides is 3. The first-order valence-electron chi connectivity index (χ1n) is 15.6. The fraction of sp³-hybridized carbons (Fsp3) is 0.545. The van der Waals surface area contributed by atoms with Crippen molar-refractivity contribution in [2.75, 3.05) is 6.54 Å². The first kappa shape index (κ1) is 31.6. The summed E-state index contributed by atoms with van der Waals surface area (Å²) in [6.45, 7) is 7.40. The minimum Gasteiger partial charge on any atom is -0.455 e. The Morgan fingerprint density at radius 2 is 1.75 bits per heavy atom. The van der Waals surface area contributed by atoms with Gasteiger partial charge in [0.2, 0.25) is 11.8 Å². The maximum absolute atomic E-state index is 14.0. The number of rotatable bonds is 1. The Labute approximate surface area is 257 Å². The second kappa shape index (κ2) is 13.0. The molecule has 3 unspecified atom stereocenters. The highest BCUT2D eigenvalue weighted by Crippen LogP contribution is 2.39. The second-order valence-electron chi connectivity index (χ2n) is 12.7. The number of hydrazine groups is 1. The Bertz CT molecular complexity index is 1450. The lowest BCUT2D eigenvalue weighted by atomic mass is 9.71. The van der Waals surface area contributed by atoms with Gasteiger partial charge in [0.05, 0.1) is 22.7 Å². The van der Waals surface area contributed by atoms with E-state index in [9.17, 15) is 24.3 Å². The molecule has 44 heavy (non-hydrogen) atoms. The van der Waals surface area contributed by atoms with E-state index < -0.39 is 53.5 Å². The predicted octanol–water partition coefficient (Wildman–Crippen LogP) is 2.93. The molecule has 5 rings (SSSR count). The van der Waals surface area contributed by atoms with E-state index in [1.807, 2.05) is 56.3 Å². The first-order valence-corrected chi connectivity index (χ1v) is 15.6. The molecule has 11 nitrogen and oxygen atoms in total. The molecule has 4 N–H and O–H groups in total. The van der Waals surface area contributed by atoms with Gasteiger partial charge in [-0.1, -0.05) is 44.2 Å². The predicted molar refractivity (Wildman–Crippen MR) is 164 cm³/mol. The minimum absolute atomic E-state index is 0.256. The van der Waals surface area contributed by atoms with Crippen LogP contribution in [-0.2, 0) is 23.9 Å². The maximum atomic E-state index is 14.0. The van der Waals surface area contributed by atoms with E-state index in [1.54, 1.807) is 13.8 Å². The van der Waals surface area contributed by atoms with E-state index in [1.165, 1.54) is 5.01 Å². The van der Waals surface area contributed by atoms with Crippen LogP contribution in [0.15, 0.2) is 36.4 Å². The lowest BCUT2D eigenvalue weighted by Gasteiger charge is -2.37. The SMILES string of the molecule is CC1NC(=O)C(C(C)C)NC(=O)C2(/C=C/c3ccc4ccc(nc4c3)[C@@H](C)OC(=O)C3CCCN(N3)C1=O)CCC(O)CC2. The van der Waals surface area contributed by atoms with Gasteiger partial charge in [0.25, 0.3) is 5.91 Å². The topological polar surface area (TPSA) is 150 Å². The zero-order valence-corrected chi connectivity index (χ0v) is 25.8. The fourth-order valence-electron chi connectivity index (χ4n) is 6.17. The van der Waals surface area contributed by atoms with E-state index in [-0.39, 0.29) is 11.8 Å². The van der Waals surface area contributed by atoms with Crippen LogP contribution in [0.2, 0.25) is 0 Å². The fourth-order valence-corrected chi connectivity index (χ4v) is 6.17. The number of hydrogen-bond donors (Lipinski definition) is 4. The highest BCUT2D eigenvalue weighted by molar-refractivity contribution is 5.94. The summed E-state index contributed by atoms with van der Waals surface area (Å²) in [4.78, 5) is 58.7. The number of carbonyl (C=O) groups excluding carboxylic acids is 4. The zero-order chi connectivity index (χ0) is 31.6. The normalized spacial score (nSPS) is 31.5. The Kier molecular flexibility index (Phi) is 9.36. The van der Waals surface area contributed by atoms with Gasteiger partial charge in [0, 0.05) is 11.9 Å². The molecule has 1 aromatic carbocycles. The number of nitrogens with one attached hydrogen (secondary N) is 3. The van der Waals surface area contributed by atoms with Crippen molar-refractivity contribution in [1.82, 2.24) is 26.1 Å². The molecule has 1 aliphatic carbocycles. The molecule has 3 heterocycles. The summed E-state index contributed by atoms with van der Waals surface area (Å²) in [5.41, 5.74) is 4.21. The van der Waals surface area contributed by atoms with Crippen molar-refractivity contribution in [1.29, 1.82) is 0 Å². The van der Waals surface area contributed by atoms with Gasteiger partial charge in [-0.3, -0.25) is 24.2 Å². The molecule has 11 heteroatoms. The highest BCUT2D eigenvalue weighted by atomic mass is 16.5. The lowest BCUT2D eigenvalue weighted by molar-refractivity contribution is -0.157. The van der Waals surface area contributed by atoms with Gasteiger partial charge in [-0.05, 0) is 76.0 Å². The summed E-state index contributed by atoms with van der Waals surface area (Å²) in [7, 11) is 0. The molecule has 4 atom stereocenters. The van der Waals surface area contributed by atoms with Crippen molar-refractivity contribution >= 4 is 40.7 Å². The van der Waals surface area contributed by atoms with Crippen LogP contribution >= 0.6 is 0 Å². The standard InChI is InChI=1S/C33H43N5O6/c1-19(2)28-29(40)34-20(3)30(41)38-17-5-6-26(37-38)31(42)44-21(4)25-10-9-23-8-7-22(18-27(23)35-25)11-14-33(32(43)36-28)15-12-24(39)13-16-33/h7-11,14,18-21,24,26,28,37,39H,5-6,12-13,15-17H2,1-4H3,(H,34,40)(H,36,43)/b14-11+/t20?,21-,24?,26?,28?,33?/m1/s1. The maximum Gasteiger partial charge on any atom is 0.325 e. The lowest BCUT2D eigenvalue weighted by Crippen LogP contribution is -2.61. The van der Waals surface area contributed by atoms with Crippen LogP contribution in [0.3, 0.4) is 0 Å². The van der Waals surface area contributed by atoms with Gasteiger partial charge in [0.1, 0.15) is 24.2 Å². The van der Waals surface area contributed by atoms with Gasteiger partial charge < -0.3 is 20.5 Å². The zero-order valence-electron chi connectivity index (χ0n) is 25.8. The van der Waals surface area contributed by atoms with Crippen molar-refractivity contribution in [2.24, 2.45) is 11.3 Å². The summed E-state index contributed by atoms with van der Waals surface area (Å²) >= 11 is 0. The van der Waals surface area contributed by atoms with Crippen LogP contribution < -0.4 is 16.1 Å². The van der Waals surface area contributed by atoms with E-state index in [2.05, 4.69) is 16.1 Å². The number of hydrogen-bond acceptors (Lipinski definition) is 8. The molecule has 0 radical (unpaired) electrons. The van der Waals surface area contributed by atoms with Crippen molar-refractivity contribution < 1.29 is 29.0 Å². The molecular formula is C33H43N5O6. The van der Waals surface area contributed by atoms with Crippen molar-refractivity contribution in [3.8, 4) is 0 Å². The molecule has 2 fully saturated rings.